The maximum atomic E-state index is 12.0. The van der Waals surface area contributed by atoms with Crippen molar-refractivity contribution in [1.29, 1.82) is 0 Å². The Hall–Kier alpha value is -2.57. The summed E-state index contributed by atoms with van der Waals surface area (Å²) in [7, 11) is 1.28. The number of nitrogens with one attached hydrogen (secondary N) is 2. The van der Waals surface area contributed by atoms with Crippen LogP contribution in [0.2, 0.25) is 0 Å². The zero-order valence-electron chi connectivity index (χ0n) is 16.0. The van der Waals surface area contributed by atoms with Crippen molar-refractivity contribution < 1.29 is 19.1 Å². The van der Waals surface area contributed by atoms with Crippen molar-refractivity contribution in [3.63, 3.8) is 0 Å². The molecule has 156 valence electrons. The molecule has 1 atom stereocenters. The minimum Gasteiger partial charge on any atom is -0.467 e. The Bertz CT molecular complexity index is 814. The molecule has 2 rings (SSSR count). The Morgan fingerprint density at radius 1 is 1.17 bits per heavy atom. The average molecular weight is 514 g/mol. The van der Waals surface area contributed by atoms with Gasteiger partial charge >= 0.3 is 5.97 Å². The second kappa shape index (κ2) is 12.1. The Morgan fingerprint density at radius 2 is 1.93 bits per heavy atom. The average Bonchev–Trinajstić information content (AvgIpc) is 3.20. The molecular formula is C18H23IN6O4. The molecule has 1 aromatic heterocycles. The van der Waals surface area contributed by atoms with E-state index in [2.05, 4.69) is 26.0 Å². The van der Waals surface area contributed by atoms with Gasteiger partial charge < -0.3 is 15.4 Å². The molecule has 0 aliphatic rings. The molecule has 0 spiro atoms. The Labute approximate surface area is 181 Å². The number of benzene rings is 1. The standard InChI is InChI=1S/C18H23IN6O4/c1-29-18(28)14(21-15(26)11-19)9-5-6-10-20-16(27)12-25-23-17(22-24-25)13-7-3-2-4-8-13/h2-4,7-8,14H,5-6,9-12H2,1H3,(H,20,27)(H,21,26)/t14-/m0/s1. The number of aromatic nitrogens is 4. The number of hydrogen-bond donors (Lipinski definition) is 2. The fraction of sp³-hybridized carbons (Fsp3) is 0.444. The molecule has 29 heavy (non-hydrogen) atoms. The van der Waals surface area contributed by atoms with E-state index in [4.69, 9.17) is 4.74 Å². The number of esters is 1. The van der Waals surface area contributed by atoms with Gasteiger partial charge in [-0.25, -0.2) is 4.79 Å². The SMILES string of the molecule is COC(=O)[C@H](CCCCNC(=O)Cn1nnc(-c2ccccc2)n1)NC(=O)CI. The number of amides is 2. The number of carbonyl (C=O) groups is 3. The van der Waals surface area contributed by atoms with Gasteiger partial charge in [-0.2, -0.15) is 4.80 Å². The van der Waals surface area contributed by atoms with Crippen LogP contribution in [0.5, 0.6) is 0 Å². The van der Waals surface area contributed by atoms with Crippen molar-refractivity contribution in [1.82, 2.24) is 30.8 Å². The summed E-state index contributed by atoms with van der Waals surface area (Å²) in [6.07, 6.45) is 1.73. The maximum absolute atomic E-state index is 12.0. The Kier molecular flexibility index (Phi) is 9.47. The van der Waals surface area contributed by atoms with Crippen LogP contribution in [0.4, 0.5) is 0 Å². The second-order valence-corrected chi connectivity index (χ2v) is 6.89. The number of halogens is 1. The van der Waals surface area contributed by atoms with Crippen LogP contribution in [-0.2, 0) is 25.7 Å². The van der Waals surface area contributed by atoms with Gasteiger partial charge in [0, 0.05) is 12.1 Å². The number of unbranched alkanes of at least 4 members (excludes halogenated alkanes) is 1. The van der Waals surface area contributed by atoms with Crippen molar-refractivity contribution in [3.8, 4) is 11.4 Å². The molecule has 1 aromatic carbocycles. The van der Waals surface area contributed by atoms with Crippen LogP contribution < -0.4 is 10.6 Å². The minimum atomic E-state index is -0.672. The Morgan fingerprint density at radius 3 is 2.62 bits per heavy atom. The predicted octanol–water partition coefficient (Wildman–Crippen LogP) is 0.719. The summed E-state index contributed by atoms with van der Waals surface area (Å²) in [6.45, 7) is 0.406. The molecule has 0 fully saturated rings. The highest BCUT2D eigenvalue weighted by molar-refractivity contribution is 14.1. The van der Waals surface area contributed by atoms with Crippen molar-refractivity contribution in [2.45, 2.75) is 31.8 Å². The number of tetrazole rings is 1. The van der Waals surface area contributed by atoms with Crippen molar-refractivity contribution in [2.24, 2.45) is 0 Å². The summed E-state index contributed by atoms with van der Waals surface area (Å²) in [5, 5.41) is 17.4. The van der Waals surface area contributed by atoms with Crippen LogP contribution in [0.25, 0.3) is 11.4 Å². The highest BCUT2D eigenvalue weighted by atomic mass is 127. The van der Waals surface area contributed by atoms with Gasteiger partial charge in [-0.1, -0.05) is 52.9 Å². The van der Waals surface area contributed by atoms with Crippen molar-refractivity contribution in [2.75, 3.05) is 18.1 Å². The molecule has 0 aliphatic carbocycles. The number of hydrogen-bond acceptors (Lipinski definition) is 7. The van der Waals surface area contributed by atoms with E-state index in [1.54, 1.807) is 0 Å². The van der Waals surface area contributed by atoms with Gasteiger partial charge in [0.05, 0.1) is 11.5 Å². The molecule has 0 saturated heterocycles. The lowest BCUT2D eigenvalue weighted by atomic mass is 10.1. The number of ether oxygens (including phenoxy) is 1. The number of methoxy groups -OCH3 is 1. The third kappa shape index (κ3) is 7.75. The first-order chi connectivity index (χ1) is 14.0. The molecule has 2 aromatic rings. The van der Waals surface area contributed by atoms with Crippen molar-refractivity contribution >= 4 is 40.4 Å². The summed E-state index contributed by atoms with van der Waals surface area (Å²) in [6, 6.07) is 8.71. The summed E-state index contributed by atoms with van der Waals surface area (Å²) in [4.78, 5) is 36.5. The normalized spacial score (nSPS) is 11.5. The molecular weight excluding hydrogens is 491 g/mol. The van der Waals surface area contributed by atoms with Crippen molar-refractivity contribution in [3.05, 3.63) is 30.3 Å². The van der Waals surface area contributed by atoms with Gasteiger partial charge in [0.2, 0.25) is 17.6 Å². The molecule has 1 heterocycles. The molecule has 11 heteroatoms. The van der Waals surface area contributed by atoms with Crippen LogP contribution in [0.15, 0.2) is 30.3 Å². The second-order valence-electron chi connectivity index (χ2n) is 6.13. The Balaban J connectivity index is 1.70. The topological polar surface area (TPSA) is 128 Å². The highest BCUT2D eigenvalue weighted by Gasteiger charge is 2.20. The third-order valence-corrected chi connectivity index (χ3v) is 4.65. The van der Waals surface area contributed by atoms with Crippen LogP contribution in [0.3, 0.4) is 0 Å². The van der Waals surface area contributed by atoms with Crippen LogP contribution in [0.1, 0.15) is 19.3 Å². The van der Waals surface area contributed by atoms with E-state index in [1.165, 1.54) is 11.9 Å². The van der Waals surface area contributed by atoms with E-state index in [0.29, 0.717) is 31.6 Å². The smallest absolute Gasteiger partial charge is 0.328 e. The zero-order chi connectivity index (χ0) is 21.1. The van der Waals surface area contributed by atoms with Crippen LogP contribution >= 0.6 is 22.6 Å². The molecule has 2 amide bonds. The first-order valence-electron chi connectivity index (χ1n) is 9.06. The van der Waals surface area contributed by atoms with E-state index in [9.17, 15) is 14.4 Å². The van der Waals surface area contributed by atoms with Gasteiger partial charge in [0.25, 0.3) is 0 Å². The van der Waals surface area contributed by atoms with E-state index in [-0.39, 0.29) is 22.8 Å². The largest absolute Gasteiger partial charge is 0.467 e. The van der Waals surface area contributed by atoms with Gasteiger partial charge in [-0.15, -0.1) is 10.2 Å². The zero-order valence-corrected chi connectivity index (χ0v) is 18.2. The van der Waals surface area contributed by atoms with Crippen LogP contribution in [0, 0.1) is 0 Å². The maximum Gasteiger partial charge on any atom is 0.328 e. The quantitative estimate of drug-likeness (QED) is 0.196. The van der Waals surface area contributed by atoms with E-state index >= 15 is 0 Å². The predicted molar refractivity (Wildman–Crippen MR) is 113 cm³/mol. The van der Waals surface area contributed by atoms with Gasteiger partial charge in [-0.05, 0) is 24.5 Å². The number of alkyl halides is 1. The molecule has 2 N–H and O–H groups in total. The minimum absolute atomic E-state index is 0.0314. The molecule has 0 aliphatic heterocycles. The first kappa shape index (κ1) is 22.7. The fourth-order valence-electron chi connectivity index (χ4n) is 2.52. The number of rotatable bonds is 11. The third-order valence-electron chi connectivity index (χ3n) is 3.95. The lowest BCUT2D eigenvalue weighted by molar-refractivity contribution is -0.145. The number of nitrogens with zero attached hydrogens (tertiary/aromatic N) is 4. The summed E-state index contributed by atoms with van der Waals surface area (Å²) < 4.78 is 4.97. The molecule has 0 bridgehead atoms. The van der Waals surface area contributed by atoms with Gasteiger partial charge in [0.1, 0.15) is 12.6 Å². The molecule has 0 unspecified atom stereocenters. The highest BCUT2D eigenvalue weighted by Crippen LogP contribution is 2.11. The molecule has 0 saturated carbocycles. The lowest BCUT2D eigenvalue weighted by Crippen LogP contribution is -2.42. The van der Waals surface area contributed by atoms with Crippen LogP contribution in [-0.4, -0.2) is 62.1 Å². The molecule has 10 nitrogen and oxygen atoms in total. The summed E-state index contributed by atoms with van der Waals surface area (Å²) in [5.74, 6) is -0.464. The first-order valence-corrected chi connectivity index (χ1v) is 10.6. The monoisotopic (exact) mass is 514 g/mol. The van der Waals surface area contributed by atoms with Gasteiger partial charge in [0.15, 0.2) is 0 Å². The van der Waals surface area contributed by atoms with Gasteiger partial charge in [-0.3, -0.25) is 9.59 Å². The fourth-order valence-corrected chi connectivity index (χ4v) is 2.74. The summed E-state index contributed by atoms with van der Waals surface area (Å²) >= 11 is 1.93. The van der Waals surface area contributed by atoms with E-state index in [1.807, 2.05) is 52.9 Å². The van der Waals surface area contributed by atoms with E-state index < -0.39 is 12.0 Å². The summed E-state index contributed by atoms with van der Waals surface area (Å²) in [5.41, 5.74) is 0.828. The van der Waals surface area contributed by atoms with E-state index in [0.717, 1.165) is 5.56 Å². The molecule has 0 radical (unpaired) electrons. The number of carbonyl (C=O) groups excluding carboxylic acids is 3. The lowest BCUT2D eigenvalue weighted by Gasteiger charge is -2.15.